The molecule has 1 atom stereocenters. The zero-order valence-corrected chi connectivity index (χ0v) is 10.2. The molecule has 1 aromatic rings. The molecule has 0 aliphatic rings. The molecule has 0 radical (unpaired) electrons. The van der Waals surface area contributed by atoms with Gasteiger partial charge in [0.25, 0.3) is 0 Å². The maximum atomic E-state index is 11.6. The van der Waals surface area contributed by atoms with Gasteiger partial charge in [0.2, 0.25) is 0 Å². The van der Waals surface area contributed by atoms with Gasteiger partial charge in [0, 0.05) is 17.8 Å². The summed E-state index contributed by atoms with van der Waals surface area (Å²) in [6.07, 6.45) is 2.62. The Morgan fingerprint density at radius 3 is 2.93 bits per heavy atom. The Hall–Kier alpha value is -0.900. The third kappa shape index (κ3) is 4.00. The summed E-state index contributed by atoms with van der Waals surface area (Å²) in [7, 11) is 0. The summed E-state index contributed by atoms with van der Waals surface area (Å²) in [5.74, 6) is 0.883. The summed E-state index contributed by atoms with van der Waals surface area (Å²) in [5, 5.41) is 0.687. The summed E-state index contributed by atoms with van der Waals surface area (Å²) in [6.45, 7) is 5.90. The molecule has 0 spiro atoms. The highest BCUT2D eigenvalue weighted by Crippen LogP contribution is 2.15. The van der Waals surface area contributed by atoms with Crippen LogP contribution in [0.4, 0.5) is 0 Å². The van der Waals surface area contributed by atoms with Crippen molar-refractivity contribution in [2.24, 2.45) is 5.92 Å². The topological polar surface area (TPSA) is 42.9 Å². The minimum atomic E-state index is 0.141. The molecular formula is C11H16N2OS. The van der Waals surface area contributed by atoms with Crippen LogP contribution in [0.2, 0.25) is 0 Å². The van der Waals surface area contributed by atoms with Crippen LogP contribution in [-0.2, 0) is 4.79 Å². The van der Waals surface area contributed by atoms with E-state index in [2.05, 4.69) is 9.97 Å². The second kappa shape index (κ2) is 5.85. The lowest BCUT2D eigenvalue weighted by molar-refractivity contribution is -0.119. The normalized spacial score (nSPS) is 12.5. The van der Waals surface area contributed by atoms with Gasteiger partial charge < -0.3 is 0 Å². The summed E-state index contributed by atoms with van der Waals surface area (Å²) in [5.41, 5.74) is 0.934. The van der Waals surface area contributed by atoms with Crippen molar-refractivity contribution in [3.05, 3.63) is 18.0 Å². The molecule has 15 heavy (non-hydrogen) atoms. The van der Waals surface area contributed by atoms with Gasteiger partial charge in [-0.3, -0.25) is 4.79 Å². The molecule has 1 unspecified atom stereocenters. The van der Waals surface area contributed by atoms with Gasteiger partial charge >= 0.3 is 0 Å². The summed E-state index contributed by atoms with van der Waals surface area (Å²) < 4.78 is 0. The molecule has 0 bridgehead atoms. The fraction of sp³-hybridized carbons (Fsp3) is 0.545. The number of Topliss-reactive ketones (excluding diaryl/α,β-unsaturated/α-hetero) is 1. The summed E-state index contributed by atoms with van der Waals surface area (Å²) in [4.78, 5) is 19.9. The molecule has 0 fully saturated rings. The van der Waals surface area contributed by atoms with Crippen molar-refractivity contribution in [2.45, 2.75) is 32.3 Å². The molecule has 1 heterocycles. The number of rotatable bonds is 5. The number of aromatic nitrogens is 2. The van der Waals surface area contributed by atoms with Crippen LogP contribution in [0, 0.1) is 12.8 Å². The second-order valence-electron chi connectivity index (χ2n) is 3.54. The molecule has 0 amide bonds. The quantitative estimate of drug-likeness (QED) is 0.569. The Morgan fingerprint density at radius 2 is 2.33 bits per heavy atom. The molecule has 0 aliphatic carbocycles. The number of hydrogen-bond donors (Lipinski definition) is 0. The molecule has 1 aromatic heterocycles. The Labute approximate surface area is 94.7 Å². The second-order valence-corrected chi connectivity index (χ2v) is 4.49. The van der Waals surface area contributed by atoms with E-state index in [4.69, 9.17) is 0 Å². The van der Waals surface area contributed by atoms with Gasteiger partial charge in [0.1, 0.15) is 5.78 Å². The predicted molar refractivity (Wildman–Crippen MR) is 62.0 cm³/mol. The number of carbonyl (C=O) groups is 1. The molecule has 0 N–H and O–H groups in total. The number of aryl methyl sites for hydroxylation is 1. The van der Waals surface area contributed by atoms with E-state index >= 15 is 0 Å². The SMILES string of the molecule is CCC(C)C(=O)CSc1nccc(C)n1. The van der Waals surface area contributed by atoms with E-state index in [-0.39, 0.29) is 11.7 Å². The first-order valence-electron chi connectivity index (χ1n) is 5.08. The summed E-state index contributed by atoms with van der Waals surface area (Å²) >= 11 is 1.41. The van der Waals surface area contributed by atoms with Crippen LogP contribution in [0.1, 0.15) is 26.0 Å². The molecule has 0 saturated carbocycles. The van der Waals surface area contributed by atoms with Gasteiger partial charge in [0.15, 0.2) is 5.16 Å². The average molecular weight is 224 g/mol. The van der Waals surface area contributed by atoms with Crippen LogP contribution in [0.3, 0.4) is 0 Å². The number of ketones is 1. The first-order chi connectivity index (χ1) is 7.13. The van der Waals surface area contributed by atoms with Gasteiger partial charge in [-0.15, -0.1) is 0 Å². The molecular weight excluding hydrogens is 208 g/mol. The number of hydrogen-bond acceptors (Lipinski definition) is 4. The first kappa shape index (κ1) is 12.2. The highest BCUT2D eigenvalue weighted by atomic mass is 32.2. The summed E-state index contributed by atoms with van der Waals surface area (Å²) in [6, 6.07) is 1.85. The van der Waals surface area contributed by atoms with E-state index in [1.165, 1.54) is 11.8 Å². The lowest BCUT2D eigenvalue weighted by atomic mass is 10.1. The Morgan fingerprint density at radius 1 is 1.60 bits per heavy atom. The fourth-order valence-electron chi connectivity index (χ4n) is 1.00. The van der Waals surface area contributed by atoms with Crippen molar-refractivity contribution in [1.29, 1.82) is 0 Å². The minimum absolute atomic E-state index is 0.141. The molecule has 0 aromatic carbocycles. The Bertz CT molecular complexity index is 341. The van der Waals surface area contributed by atoms with Crippen LogP contribution in [0.5, 0.6) is 0 Å². The maximum absolute atomic E-state index is 11.6. The molecule has 0 aliphatic heterocycles. The van der Waals surface area contributed by atoms with E-state index in [1.54, 1.807) is 6.20 Å². The highest BCUT2D eigenvalue weighted by molar-refractivity contribution is 7.99. The van der Waals surface area contributed by atoms with E-state index < -0.39 is 0 Å². The average Bonchev–Trinajstić information content (AvgIpc) is 2.25. The Balaban J connectivity index is 2.47. The van der Waals surface area contributed by atoms with Gasteiger partial charge in [-0.05, 0) is 19.4 Å². The van der Waals surface area contributed by atoms with Crippen LogP contribution in [0.15, 0.2) is 17.4 Å². The van der Waals surface area contributed by atoms with Crippen molar-refractivity contribution in [3.8, 4) is 0 Å². The number of thioether (sulfide) groups is 1. The van der Waals surface area contributed by atoms with E-state index in [0.717, 1.165) is 12.1 Å². The largest absolute Gasteiger partial charge is 0.298 e. The monoisotopic (exact) mass is 224 g/mol. The molecule has 0 saturated heterocycles. The highest BCUT2D eigenvalue weighted by Gasteiger charge is 2.11. The van der Waals surface area contributed by atoms with Crippen molar-refractivity contribution in [2.75, 3.05) is 5.75 Å². The van der Waals surface area contributed by atoms with Gasteiger partial charge in [-0.25, -0.2) is 9.97 Å². The van der Waals surface area contributed by atoms with E-state index in [0.29, 0.717) is 10.9 Å². The third-order valence-corrected chi connectivity index (χ3v) is 3.16. The van der Waals surface area contributed by atoms with Crippen molar-refractivity contribution < 1.29 is 4.79 Å². The molecule has 3 nitrogen and oxygen atoms in total. The van der Waals surface area contributed by atoms with Crippen LogP contribution in [0.25, 0.3) is 0 Å². The smallest absolute Gasteiger partial charge is 0.188 e. The number of nitrogens with zero attached hydrogens (tertiary/aromatic N) is 2. The van der Waals surface area contributed by atoms with Crippen molar-refractivity contribution in [3.63, 3.8) is 0 Å². The van der Waals surface area contributed by atoms with E-state index in [9.17, 15) is 4.79 Å². The molecule has 82 valence electrons. The van der Waals surface area contributed by atoms with Gasteiger partial charge in [-0.1, -0.05) is 25.6 Å². The molecule has 4 heteroatoms. The maximum Gasteiger partial charge on any atom is 0.188 e. The van der Waals surface area contributed by atoms with Crippen LogP contribution < -0.4 is 0 Å². The van der Waals surface area contributed by atoms with Gasteiger partial charge in [0.05, 0.1) is 5.75 Å². The lowest BCUT2D eigenvalue weighted by Gasteiger charge is -2.05. The van der Waals surface area contributed by atoms with Crippen LogP contribution in [-0.4, -0.2) is 21.5 Å². The van der Waals surface area contributed by atoms with E-state index in [1.807, 2.05) is 26.8 Å². The van der Waals surface area contributed by atoms with Crippen molar-refractivity contribution >= 4 is 17.5 Å². The minimum Gasteiger partial charge on any atom is -0.298 e. The lowest BCUT2D eigenvalue weighted by Crippen LogP contribution is -2.12. The third-order valence-electron chi connectivity index (χ3n) is 2.28. The number of carbonyl (C=O) groups excluding carboxylic acids is 1. The van der Waals surface area contributed by atoms with Crippen molar-refractivity contribution in [1.82, 2.24) is 9.97 Å². The zero-order chi connectivity index (χ0) is 11.3. The first-order valence-corrected chi connectivity index (χ1v) is 6.07. The predicted octanol–water partition coefficient (Wildman–Crippen LogP) is 2.49. The molecule has 1 rings (SSSR count). The van der Waals surface area contributed by atoms with Gasteiger partial charge in [-0.2, -0.15) is 0 Å². The van der Waals surface area contributed by atoms with Crippen LogP contribution >= 0.6 is 11.8 Å². The standard InChI is InChI=1S/C11H16N2OS/c1-4-8(2)10(14)7-15-11-12-6-5-9(3)13-11/h5-6,8H,4,7H2,1-3H3. The Kier molecular flexibility index (Phi) is 4.75. The fourth-order valence-corrected chi connectivity index (χ4v) is 1.90. The zero-order valence-electron chi connectivity index (χ0n) is 9.36.